The second-order valence-electron chi connectivity index (χ2n) is 4.49. The van der Waals surface area contributed by atoms with Gasteiger partial charge in [-0.2, -0.15) is 0 Å². The number of nitrogens with zero attached hydrogens (tertiary/aromatic N) is 1. The van der Waals surface area contributed by atoms with Crippen LogP contribution in [0.5, 0.6) is 0 Å². The first-order chi connectivity index (χ1) is 9.16. The molecule has 0 aliphatic carbocycles. The monoisotopic (exact) mass is 313 g/mol. The Morgan fingerprint density at radius 3 is 2.68 bits per heavy atom. The van der Waals surface area contributed by atoms with E-state index in [9.17, 15) is 4.79 Å². The first kappa shape index (κ1) is 12.2. The molecule has 1 aliphatic rings. The van der Waals surface area contributed by atoms with Crippen molar-refractivity contribution in [3.05, 3.63) is 64.1 Å². The predicted octanol–water partition coefficient (Wildman–Crippen LogP) is 3.97. The molecule has 2 aromatic carbocycles. The number of halogens is 1. The van der Waals surface area contributed by atoms with Gasteiger partial charge in [-0.1, -0.05) is 46.3 Å². The maximum absolute atomic E-state index is 12.3. The van der Waals surface area contributed by atoms with Crippen molar-refractivity contribution in [3.8, 4) is 0 Å². The standard InChI is InChI=1S/C16H12BrNO/c1-18-15-8-3-2-7-13(15)14(16(18)19)10-11-5-4-6-12(17)9-11/h2-10H,1H3. The summed E-state index contributed by atoms with van der Waals surface area (Å²) in [6, 6.07) is 15.8. The van der Waals surface area contributed by atoms with Crippen LogP contribution in [0.1, 0.15) is 11.1 Å². The number of fused-ring (bicyclic) bond motifs is 1. The Morgan fingerprint density at radius 1 is 1.11 bits per heavy atom. The van der Waals surface area contributed by atoms with E-state index in [-0.39, 0.29) is 5.91 Å². The Bertz CT molecular complexity index is 691. The predicted molar refractivity (Wildman–Crippen MR) is 81.9 cm³/mol. The fraction of sp³-hybridized carbons (Fsp3) is 0.0625. The molecule has 1 aliphatic heterocycles. The molecule has 0 unspecified atom stereocenters. The summed E-state index contributed by atoms with van der Waals surface area (Å²) >= 11 is 3.45. The summed E-state index contributed by atoms with van der Waals surface area (Å²) in [5.41, 5.74) is 3.72. The number of likely N-dealkylation sites (N-methyl/N-ethyl adjacent to an activating group) is 1. The maximum atomic E-state index is 12.3. The second kappa shape index (κ2) is 4.67. The summed E-state index contributed by atoms with van der Waals surface area (Å²) in [7, 11) is 1.81. The molecule has 2 nitrogen and oxygen atoms in total. The number of hydrogen-bond donors (Lipinski definition) is 0. The van der Waals surface area contributed by atoms with Gasteiger partial charge in [-0.3, -0.25) is 4.79 Å². The summed E-state index contributed by atoms with van der Waals surface area (Å²) in [6.07, 6.45) is 1.94. The number of rotatable bonds is 1. The number of hydrogen-bond acceptors (Lipinski definition) is 1. The molecule has 94 valence electrons. The zero-order chi connectivity index (χ0) is 13.4. The highest BCUT2D eigenvalue weighted by Gasteiger charge is 2.28. The first-order valence-electron chi connectivity index (χ1n) is 6.01. The number of anilines is 1. The molecule has 1 heterocycles. The lowest BCUT2D eigenvalue weighted by molar-refractivity contribution is -0.112. The van der Waals surface area contributed by atoms with E-state index in [0.29, 0.717) is 0 Å². The summed E-state index contributed by atoms with van der Waals surface area (Å²) in [5.74, 6) is 0.0428. The van der Waals surface area contributed by atoms with Crippen LogP contribution in [0.2, 0.25) is 0 Å². The van der Waals surface area contributed by atoms with Gasteiger partial charge in [-0.05, 0) is 29.8 Å². The minimum atomic E-state index is 0.0428. The molecule has 1 amide bonds. The molecule has 3 rings (SSSR count). The third-order valence-electron chi connectivity index (χ3n) is 3.25. The largest absolute Gasteiger partial charge is 0.311 e. The van der Waals surface area contributed by atoms with Gasteiger partial charge < -0.3 is 4.90 Å². The highest BCUT2D eigenvalue weighted by molar-refractivity contribution is 9.10. The van der Waals surface area contributed by atoms with E-state index >= 15 is 0 Å². The van der Waals surface area contributed by atoms with Crippen molar-refractivity contribution >= 4 is 39.2 Å². The summed E-state index contributed by atoms with van der Waals surface area (Å²) in [5, 5.41) is 0. The van der Waals surface area contributed by atoms with Gasteiger partial charge in [0.05, 0.1) is 5.69 Å². The molecule has 0 aromatic heterocycles. The van der Waals surface area contributed by atoms with Crippen LogP contribution in [0, 0.1) is 0 Å². The fourth-order valence-electron chi connectivity index (χ4n) is 2.30. The van der Waals surface area contributed by atoms with Gasteiger partial charge in [-0.25, -0.2) is 0 Å². The zero-order valence-electron chi connectivity index (χ0n) is 10.4. The second-order valence-corrected chi connectivity index (χ2v) is 5.41. The molecule has 3 heteroatoms. The third kappa shape index (κ3) is 2.10. The lowest BCUT2D eigenvalue weighted by Gasteiger charge is -2.07. The van der Waals surface area contributed by atoms with Crippen LogP contribution in [0.4, 0.5) is 5.69 Å². The van der Waals surface area contributed by atoms with E-state index in [1.807, 2.05) is 61.7 Å². The highest BCUT2D eigenvalue weighted by Crippen LogP contribution is 2.36. The van der Waals surface area contributed by atoms with Gasteiger partial charge in [0, 0.05) is 22.7 Å². The Kier molecular flexibility index (Phi) is 2.99. The molecule has 0 fully saturated rings. The SMILES string of the molecule is CN1C(=O)C(=Cc2cccc(Br)c2)c2ccccc21. The third-order valence-corrected chi connectivity index (χ3v) is 3.74. The lowest BCUT2D eigenvalue weighted by Crippen LogP contribution is -2.20. The number of carbonyl (C=O) groups is 1. The van der Waals surface area contributed by atoms with Crippen molar-refractivity contribution in [2.24, 2.45) is 0 Å². The lowest BCUT2D eigenvalue weighted by atomic mass is 10.0. The van der Waals surface area contributed by atoms with E-state index in [1.165, 1.54) is 0 Å². The van der Waals surface area contributed by atoms with Crippen LogP contribution in [-0.2, 0) is 4.79 Å². The van der Waals surface area contributed by atoms with E-state index in [2.05, 4.69) is 15.9 Å². The van der Waals surface area contributed by atoms with E-state index < -0.39 is 0 Å². The van der Waals surface area contributed by atoms with Crippen LogP contribution >= 0.6 is 15.9 Å². The van der Waals surface area contributed by atoms with Crippen LogP contribution in [0.15, 0.2) is 53.0 Å². The minimum Gasteiger partial charge on any atom is -0.311 e. The molecule has 0 saturated heterocycles. The minimum absolute atomic E-state index is 0.0428. The number of carbonyl (C=O) groups excluding carboxylic acids is 1. The average molecular weight is 314 g/mol. The molecule has 2 aromatic rings. The van der Waals surface area contributed by atoms with Gasteiger partial charge in [-0.15, -0.1) is 0 Å². The van der Waals surface area contributed by atoms with E-state index in [0.717, 1.165) is 26.9 Å². The van der Waals surface area contributed by atoms with Gasteiger partial charge >= 0.3 is 0 Å². The molecule has 0 radical (unpaired) electrons. The van der Waals surface area contributed by atoms with Crippen molar-refractivity contribution in [2.75, 3.05) is 11.9 Å². The number of benzene rings is 2. The Labute approximate surface area is 120 Å². The Morgan fingerprint density at radius 2 is 1.89 bits per heavy atom. The number of amides is 1. The quantitative estimate of drug-likeness (QED) is 0.730. The van der Waals surface area contributed by atoms with Gasteiger partial charge in [0.15, 0.2) is 0 Å². The van der Waals surface area contributed by atoms with Crippen LogP contribution < -0.4 is 4.90 Å². The Balaban J connectivity index is 2.13. The van der Waals surface area contributed by atoms with Crippen molar-refractivity contribution in [1.29, 1.82) is 0 Å². The smallest absolute Gasteiger partial charge is 0.258 e. The molecule has 0 N–H and O–H groups in total. The van der Waals surface area contributed by atoms with E-state index in [1.54, 1.807) is 4.90 Å². The van der Waals surface area contributed by atoms with Gasteiger partial charge in [0.25, 0.3) is 5.91 Å². The topological polar surface area (TPSA) is 20.3 Å². The van der Waals surface area contributed by atoms with Crippen molar-refractivity contribution in [3.63, 3.8) is 0 Å². The van der Waals surface area contributed by atoms with Crippen molar-refractivity contribution in [2.45, 2.75) is 0 Å². The maximum Gasteiger partial charge on any atom is 0.258 e. The first-order valence-corrected chi connectivity index (χ1v) is 6.81. The fourth-order valence-corrected chi connectivity index (χ4v) is 2.72. The normalized spacial score (nSPS) is 16.0. The molecular weight excluding hydrogens is 302 g/mol. The van der Waals surface area contributed by atoms with Crippen molar-refractivity contribution < 1.29 is 4.79 Å². The average Bonchev–Trinajstić information content (AvgIpc) is 2.65. The van der Waals surface area contributed by atoms with Crippen molar-refractivity contribution in [1.82, 2.24) is 0 Å². The summed E-state index contributed by atoms with van der Waals surface area (Å²) < 4.78 is 1.01. The van der Waals surface area contributed by atoms with Gasteiger partial charge in [0.2, 0.25) is 0 Å². The number of para-hydroxylation sites is 1. The molecular formula is C16H12BrNO. The van der Waals surface area contributed by atoms with E-state index in [4.69, 9.17) is 0 Å². The highest BCUT2D eigenvalue weighted by atomic mass is 79.9. The molecule has 19 heavy (non-hydrogen) atoms. The van der Waals surface area contributed by atoms with Gasteiger partial charge in [0.1, 0.15) is 0 Å². The van der Waals surface area contributed by atoms with Crippen LogP contribution in [0.25, 0.3) is 11.6 Å². The summed E-state index contributed by atoms with van der Waals surface area (Å²) in [6.45, 7) is 0. The van der Waals surface area contributed by atoms with Crippen LogP contribution in [0.3, 0.4) is 0 Å². The molecule has 0 spiro atoms. The molecule has 0 saturated carbocycles. The Hall–Kier alpha value is -1.87. The summed E-state index contributed by atoms with van der Waals surface area (Å²) in [4.78, 5) is 14.0. The van der Waals surface area contributed by atoms with Crippen LogP contribution in [-0.4, -0.2) is 13.0 Å². The molecule has 0 atom stereocenters. The zero-order valence-corrected chi connectivity index (χ0v) is 12.0. The molecule has 0 bridgehead atoms.